The lowest BCUT2D eigenvalue weighted by Crippen LogP contribution is -2.48. The molecule has 0 bridgehead atoms. The van der Waals surface area contributed by atoms with Gasteiger partial charge < -0.3 is 9.64 Å². The molecule has 0 aromatic carbocycles. The monoisotopic (exact) mass is 286 g/mol. The first-order chi connectivity index (χ1) is 8.89. The minimum atomic E-state index is -4.60. The molecule has 1 fully saturated rings. The molecule has 0 unspecified atom stereocenters. The van der Waals surface area contributed by atoms with Crippen molar-refractivity contribution < 1.29 is 27.1 Å². The van der Waals surface area contributed by atoms with E-state index in [-0.39, 0.29) is 13.1 Å². The van der Waals surface area contributed by atoms with E-state index < -0.39 is 18.3 Å². The van der Waals surface area contributed by atoms with Gasteiger partial charge in [-0.3, -0.25) is 9.69 Å². The van der Waals surface area contributed by atoms with Crippen molar-refractivity contribution in [1.29, 1.82) is 0 Å². The molecular weight excluding hydrogens is 268 g/mol. The molecule has 0 atom stereocenters. The second kappa shape index (κ2) is 7.04. The molecule has 0 aliphatic carbocycles. The molecule has 0 aromatic heterocycles. The lowest BCUT2D eigenvalue weighted by Gasteiger charge is -2.25. The zero-order valence-electron chi connectivity index (χ0n) is 10.7. The van der Waals surface area contributed by atoms with Crippen molar-refractivity contribution in [3.63, 3.8) is 0 Å². The van der Waals surface area contributed by atoms with Gasteiger partial charge >= 0.3 is 12.3 Å². The van der Waals surface area contributed by atoms with Crippen LogP contribution in [0.3, 0.4) is 0 Å². The minimum Gasteiger partial charge on any atom is -0.383 e. The third-order valence-electron chi connectivity index (χ3n) is 3.05. The summed E-state index contributed by atoms with van der Waals surface area (Å²) in [6.07, 6.45) is -3.48. The first kappa shape index (κ1) is 16.2. The van der Waals surface area contributed by atoms with E-state index in [1.54, 1.807) is 7.11 Å². The van der Waals surface area contributed by atoms with Crippen molar-refractivity contribution in [2.75, 3.05) is 46.4 Å². The van der Waals surface area contributed by atoms with Crippen LogP contribution in [0.15, 0.2) is 0 Å². The topological polar surface area (TPSA) is 32.8 Å². The van der Waals surface area contributed by atoms with Gasteiger partial charge in [-0.2, -0.15) is 8.78 Å². The van der Waals surface area contributed by atoms with E-state index in [1.165, 1.54) is 0 Å². The van der Waals surface area contributed by atoms with Gasteiger partial charge in [-0.1, -0.05) is 0 Å². The molecule has 4 nitrogen and oxygen atoms in total. The summed E-state index contributed by atoms with van der Waals surface area (Å²) < 4.78 is 55.1. The van der Waals surface area contributed by atoms with Crippen molar-refractivity contribution in [2.45, 2.75) is 18.8 Å². The molecule has 0 N–H and O–H groups in total. The molecule has 8 heteroatoms. The van der Waals surface area contributed by atoms with Crippen LogP contribution >= 0.6 is 0 Å². The van der Waals surface area contributed by atoms with Crippen LogP contribution in [0.5, 0.6) is 0 Å². The van der Waals surface area contributed by atoms with Gasteiger partial charge in [-0.25, -0.2) is 8.78 Å². The molecule has 112 valence electrons. The Kier molecular flexibility index (Phi) is 5.99. The van der Waals surface area contributed by atoms with Crippen LogP contribution in [0.1, 0.15) is 6.42 Å². The Bertz CT molecular complexity index is 302. The molecule has 0 aromatic rings. The zero-order chi connectivity index (χ0) is 14.5. The minimum absolute atomic E-state index is 0.0326. The average molecular weight is 286 g/mol. The molecule has 1 amide bonds. The predicted molar refractivity (Wildman–Crippen MR) is 60.5 cm³/mol. The number of carbonyl (C=O) groups is 1. The van der Waals surface area contributed by atoms with E-state index in [0.717, 1.165) is 4.90 Å². The fraction of sp³-hybridized carbons (Fsp3) is 0.909. The molecule has 1 aliphatic rings. The molecule has 0 spiro atoms. The van der Waals surface area contributed by atoms with Crippen molar-refractivity contribution in [1.82, 2.24) is 9.80 Å². The molecule has 1 rings (SSSR count). The summed E-state index contributed by atoms with van der Waals surface area (Å²) in [5.74, 6) is -6.38. The van der Waals surface area contributed by atoms with Crippen molar-refractivity contribution >= 4 is 5.91 Å². The number of alkyl halides is 4. The molecule has 0 saturated carbocycles. The Morgan fingerprint density at radius 1 is 1.26 bits per heavy atom. The molecular formula is C11H18F4N2O2. The summed E-state index contributed by atoms with van der Waals surface area (Å²) in [6.45, 7) is 2.25. The Balaban J connectivity index is 2.55. The largest absolute Gasteiger partial charge is 0.383 e. The van der Waals surface area contributed by atoms with E-state index in [1.807, 2.05) is 4.90 Å². The maximum Gasteiger partial charge on any atom is 0.383 e. The number of hydrogen-bond donors (Lipinski definition) is 0. The molecule has 1 heterocycles. The highest BCUT2D eigenvalue weighted by Crippen LogP contribution is 2.25. The smallest absolute Gasteiger partial charge is 0.383 e. The first-order valence-electron chi connectivity index (χ1n) is 6.06. The van der Waals surface area contributed by atoms with Gasteiger partial charge in [-0.05, 0) is 13.0 Å². The number of halogens is 4. The van der Waals surface area contributed by atoms with Gasteiger partial charge in [0.2, 0.25) is 0 Å². The lowest BCUT2D eigenvalue weighted by atomic mass is 10.2. The third kappa shape index (κ3) is 4.31. The number of methoxy groups -OCH3 is 1. The zero-order valence-corrected chi connectivity index (χ0v) is 10.7. The fourth-order valence-electron chi connectivity index (χ4n) is 1.92. The van der Waals surface area contributed by atoms with Crippen LogP contribution < -0.4 is 0 Å². The Hall–Kier alpha value is -0.890. The van der Waals surface area contributed by atoms with Gasteiger partial charge in [0.15, 0.2) is 0 Å². The van der Waals surface area contributed by atoms with Crippen LogP contribution in [-0.2, 0) is 9.53 Å². The van der Waals surface area contributed by atoms with Crippen LogP contribution in [0.4, 0.5) is 17.6 Å². The molecule has 0 radical (unpaired) electrons. The van der Waals surface area contributed by atoms with Gasteiger partial charge in [0, 0.05) is 33.3 Å². The predicted octanol–water partition coefficient (Wildman–Crippen LogP) is 1.07. The summed E-state index contributed by atoms with van der Waals surface area (Å²) in [5, 5.41) is 0. The second-order valence-electron chi connectivity index (χ2n) is 4.40. The van der Waals surface area contributed by atoms with Crippen molar-refractivity contribution in [3.05, 3.63) is 0 Å². The van der Waals surface area contributed by atoms with Crippen molar-refractivity contribution in [2.24, 2.45) is 0 Å². The normalized spacial score (nSPS) is 18.7. The van der Waals surface area contributed by atoms with E-state index >= 15 is 0 Å². The highest BCUT2D eigenvalue weighted by molar-refractivity contribution is 5.84. The first-order valence-corrected chi connectivity index (χ1v) is 6.06. The van der Waals surface area contributed by atoms with Gasteiger partial charge in [0.05, 0.1) is 6.61 Å². The van der Waals surface area contributed by atoms with E-state index in [0.29, 0.717) is 32.7 Å². The standard InChI is InChI=1S/C11H18F4N2O2/c1-19-8-7-16-3-2-4-17(6-5-16)10(18)11(14,15)9(12)13/h9H,2-8H2,1H3. The molecule has 19 heavy (non-hydrogen) atoms. The average Bonchev–Trinajstić information content (AvgIpc) is 2.60. The fourth-order valence-corrected chi connectivity index (χ4v) is 1.92. The number of hydrogen-bond acceptors (Lipinski definition) is 3. The van der Waals surface area contributed by atoms with Crippen molar-refractivity contribution in [3.8, 4) is 0 Å². The summed E-state index contributed by atoms with van der Waals surface area (Å²) in [5.41, 5.74) is 0. The van der Waals surface area contributed by atoms with E-state index in [9.17, 15) is 22.4 Å². The van der Waals surface area contributed by atoms with Crippen LogP contribution in [-0.4, -0.2) is 74.5 Å². The van der Waals surface area contributed by atoms with E-state index in [2.05, 4.69) is 0 Å². The SMILES string of the molecule is COCCN1CCCN(C(=O)C(F)(F)C(F)F)CC1. The van der Waals surface area contributed by atoms with Crippen LogP contribution in [0, 0.1) is 0 Å². The highest BCUT2D eigenvalue weighted by atomic mass is 19.3. The maximum atomic E-state index is 13.0. The maximum absolute atomic E-state index is 13.0. The van der Waals surface area contributed by atoms with Gasteiger partial charge in [0.25, 0.3) is 5.91 Å². The highest BCUT2D eigenvalue weighted by Gasteiger charge is 2.51. The third-order valence-corrected chi connectivity index (χ3v) is 3.05. The summed E-state index contributed by atoms with van der Waals surface area (Å²) in [7, 11) is 1.55. The number of nitrogens with zero attached hydrogens (tertiary/aromatic N) is 2. The Labute approximate surface area is 109 Å². The summed E-state index contributed by atoms with van der Waals surface area (Å²) >= 11 is 0. The number of rotatable bonds is 5. The molecule has 1 aliphatic heterocycles. The number of amides is 1. The van der Waals surface area contributed by atoms with E-state index in [4.69, 9.17) is 4.74 Å². The quantitative estimate of drug-likeness (QED) is 0.709. The Morgan fingerprint density at radius 2 is 1.95 bits per heavy atom. The summed E-state index contributed by atoms with van der Waals surface area (Å²) in [4.78, 5) is 14.2. The number of ether oxygens (including phenoxy) is 1. The van der Waals surface area contributed by atoms with Crippen LogP contribution in [0.25, 0.3) is 0 Å². The van der Waals surface area contributed by atoms with Gasteiger partial charge in [0.1, 0.15) is 0 Å². The van der Waals surface area contributed by atoms with Crippen LogP contribution in [0.2, 0.25) is 0 Å². The number of carbonyl (C=O) groups excluding carboxylic acids is 1. The van der Waals surface area contributed by atoms with Gasteiger partial charge in [-0.15, -0.1) is 0 Å². The lowest BCUT2D eigenvalue weighted by molar-refractivity contribution is -0.180. The second-order valence-corrected chi connectivity index (χ2v) is 4.40. The molecule has 1 saturated heterocycles. The Morgan fingerprint density at radius 3 is 2.53 bits per heavy atom. The summed E-state index contributed by atoms with van der Waals surface area (Å²) in [6, 6.07) is 0.